The minimum Gasteiger partial charge on any atom is -0.489 e. The Morgan fingerprint density at radius 1 is 0.875 bits per heavy atom. The standard InChI is InChI=1S/C28H28N2O2/c1-28(2)16-24-26(25(31)17-28)27(30-23-11-7-6-10-22(23)29-24)20-12-14-21(15-13-20)32-18-19-8-4-3-5-9-19/h3-15,27,29-30H,16-18H2,1-2H3. The highest BCUT2D eigenvalue weighted by atomic mass is 16.5. The van der Waals surface area contributed by atoms with E-state index in [2.05, 4.69) is 60.9 Å². The van der Waals surface area contributed by atoms with Gasteiger partial charge in [-0.25, -0.2) is 0 Å². The molecular formula is C28H28N2O2. The number of hydrogen-bond donors (Lipinski definition) is 2. The van der Waals surface area contributed by atoms with Gasteiger partial charge in [-0.15, -0.1) is 0 Å². The molecule has 2 N–H and O–H groups in total. The van der Waals surface area contributed by atoms with Gasteiger partial charge in [-0.2, -0.15) is 0 Å². The molecule has 1 heterocycles. The topological polar surface area (TPSA) is 50.4 Å². The van der Waals surface area contributed by atoms with Crippen LogP contribution in [0.4, 0.5) is 11.4 Å². The first-order chi connectivity index (χ1) is 15.5. The normalized spacial score (nSPS) is 19.2. The van der Waals surface area contributed by atoms with Gasteiger partial charge in [-0.05, 0) is 47.2 Å². The zero-order valence-electron chi connectivity index (χ0n) is 18.5. The highest BCUT2D eigenvalue weighted by Crippen LogP contribution is 2.45. The van der Waals surface area contributed by atoms with E-state index in [-0.39, 0.29) is 17.2 Å². The van der Waals surface area contributed by atoms with Gasteiger partial charge < -0.3 is 15.4 Å². The average Bonchev–Trinajstić information content (AvgIpc) is 2.94. The third-order valence-electron chi connectivity index (χ3n) is 6.18. The first kappa shape index (κ1) is 20.4. The van der Waals surface area contributed by atoms with Crippen LogP contribution in [0.25, 0.3) is 0 Å². The van der Waals surface area contributed by atoms with Crippen molar-refractivity contribution >= 4 is 17.2 Å². The third kappa shape index (κ3) is 4.13. The van der Waals surface area contributed by atoms with Crippen LogP contribution >= 0.6 is 0 Å². The monoisotopic (exact) mass is 424 g/mol. The van der Waals surface area contributed by atoms with Crippen LogP contribution in [0.3, 0.4) is 0 Å². The van der Waals surface area contributed by atoms with Gasteiger partial charge in [0.15, 0.2) is 5.78 Å². The highest BCUT2D eigenvalue weighted by molar-refractivity contribution is 6.01. The van der Waals surface area contributed by atoms with Gasteiger partial charge in [-0.3, -0.25) is 4.79 Å². The van der Waals surface area contributed by atoms with E-state index >= 15 is 0 Å². The van der Waals surface area contributed by atoms with Gasteiger partial charge in [0.05, 0.1) is 17.4 Å². The van der Waals surface area contributed by atoms with E-state index in [0.29, 0.717) is 13.0 Å². The Hall–Kier alpha value is -3.53. The number of benzene rings is 3. The number of carbonyl (C=O) groups excluding carboxylic acids is 1. The Bertz CT molecular complexity index is 1160. The quantitative estimate of drug-likeness (QED) is 0.503. The lowest BCUT2D eigenvalue weighted by atomic mass is 9.73. The van der Waals surface area contributed by atoms with Crippen LogP contribution in [0.15, 0.2) is 90.1 Å². The summed E-state index contributed by atoms with van der Waals surface area (Å²) >= 11 is 0. The molecule has 0 radical (unpaired) electrons. The summed E-state index contributed by atoms with van der Waals surface area (Å²) < 4.78 is 5.96. The Labute approximate surface area is 189 Å². The van der Waals surface area contributed by atoms with Crippen molar-refractivity contribution in [3.63, 3.8) is 0 Å². The van der Waals surface area contributed by atoms with Crippen molar-refractivity contribution in [3.8, 4) is 5.75 Å². The maximum absolute atomic E-state index is 13.3. The predicted octanol–water partition coefficient (Wildman–Crippen LogP) is 6.49. The lowest BCUT2D eigenvalue weighted by molar-refractivity contribution is -0.118. The summed E-state index contributed by atoms with van der Waals surface area (Å²) in [5.41, 5.74) is 6.02. The number of rotatable bonds is 4. The summed E-state index contributed by atoms with van der Waals surface area (Å²) in [7, 11) is 0. The van der Waals surface area contributed by atoms with Gasteiger partial charge in [0.2, 0.25) is 0 Å². The minimum absolute atomic E-state index is 0.0537. The van der Waals surface area contributed by atoms with E-state index in [0.717, 1.165) is 45.9 Å². The third-order valence-corrected chi connectivity index (χ3v) is 6.18. The van der Waals surface area contributed by atoms with Crippen LogP contribution in [0.5, 0.6) is 5.75 Å². The van der Waals surface area contributed by atoms with E-state index in [1.807, 2.05) is 42.5 Å². The molecule has 1 aliphatic carbocycles. The molecule has 4 heteroatoms. The zero-order chi connectivity index (χ0) is 22.1. The summed E-state index contributed by atoms with van der Waals surface area (Å²) in [6.45, 7) is 4.85. The molecule has 1 aliphatic heterocycles. The number of ketones is 1. The molecule has 0 saturated heterocycles. The van der Waals surface area contributed by atoms with Crippen LogP contribution < -0.4 is 15.4 Å². The maximum atomic E-state index is 13.3. The first-order valence-electron chi connectivity index (χ1n) is 11.1. The number of fused-ring (bicyclic) bond motifs is 1. The molecule has 0 fully saturated rings. The van der Waals surface area contributed by atoms with Crippen molar-refractivity contribution in [1.29, 1.82) is 0 Å². The number of carbonyl (C=O) groups is 1. The summed E-state index contributed by atoms with van der Waals surface area (Å²) in [6.07, 6.45) is 1.40. The fraction of sp³-hybridized carbons (Fsp3) is 0.250. The van der Waals surface area contributed by atoms with Crippen LogP contribution in [0.1, 0.15) is 43.9 Å². The fourth-order valence-corrected chi connectivity index (χ4v) is 4.64. The number of ether oxygens (including phenoxy) is 1. The van der Waals surface area contributed by atoms with Gasteiger partial charge in [0.25, 0.3) is 0 Å². The molecule has 0 bridgehead atoms. The number of para-hydroxylation sites is 2. The van der Waals surface area contributed by atoms with Crippen molar-refractivity contribution < 1.29 is 9.53 Å². The summed E-state index contributed by atoms with van der Waals surface area (Å²) in [4.78, 5) is 13.3. The fourth-order valence-electron chi connectivity index (χ4n) is 4.64. The van der Waals surface area contributed by atoms with E-state index in [9.17, 15) is 4.79 Å². The molecule has 162 valence electrons. The van der Waals surface area contributed by atoms with Crippen molar-refractivity contribution in [3.05, 3.63) is 101 Å². The van der Waals surface area contributed by atoms with Gasteiger partial charge in [0.1, 0.15) is 12.4 Å². The van der Waals surface area contributed by atoms with E-state index in [1.54, 1.807) is 0 Å². The second kappa shape index (κ2) is 8.19. The van der Waals surface area contributed by atoms with Gasteiger partial charge in [0, 0.05) is 17.7 Å². The molecule has 1 atom stereocenters. The molecule has 2 aliphatic rings. The second-order valence-corrected chi connectivity index (χ2v) is 9.42. The molecule has 3 aromatic carbocycles. The Kier molecular flexibility index (Phi) is 5.22. The lowest BCUT2D eigenvalue weighted by Gasteiger charge is -2.34. The molecule has 4 nitrogen and oxygen atoms in total. The van der Waals surface area contributed by atoms with Crippen molar-refractivity contribution in [2.24, 2.45) is 5.41 Å². The summed E-state index contributed by atoms with van der Waals surface area (Å²) in [5, 5.41) is 7.20. The second-order valence-electron chi connectivity index (χ2n) is 9.42. The lowest BCUT2D eigenvalue weighted by Crippen LogP contribution is -2.31. The number of allylic oxidation sites excluding steroid dienone is 1. The Balaban J connectivity index is 1.46. The Morgan fingerprint density at radius 2 is 1.56 bits per heavy atom. The molecule has 32 heavy (non-hydrogen) atoms. The molecule has 3 aromatic rings. The average molecular weight is 425 g/mol. The van der Waals surface area contributed by atoms with Gasteiger partial charge >= 0.3 is 0 Å². The van der Waals surface area contributed by atoms with E-state index < -0.39 is 0 Å². The molecule has 5 rings (SSSR count). The summed E-state index contributed by atoms with van der Waals surface area (Å²) in [6, 6.07) is 26.2. The highest BCUT2D eigenvalue weighted by Gasteiger charge is 2.38. The van der Waals surface area contributed by atoms with E-state index in [1.165, 1.54) is 0 Å². The van der Waals surface area contributed by atoms with Crippen LogP contribution in [0, 0.1) is 5.41 Å². The zero-order valence-corrected chi connectivity index (χ0v) is 18.5. The molecule has 0 spiro atoms. The van der Waals surface area contributed by atoms with E-state index in [4.69, 9.17) is 4.74 Å². The smallest absolute Gasteiger partial charge is 0.163 e. The largest absolute Gasteiger partial charge is 0.489 e. The number of anilines is 2. The molecule has 0 amide bonds. The molecule has 0 saturated carbocycles. The van der Waals surface area contributed by atoms with Crippen molar-refractivity contribution in [2.75, 3.05) is 10.6 Å². The predicted molar refractivity (Wildman–Crippen MR) is 129 cm³/mol. The number of Topliss-reactive ketones (excluding diaryl/α,β-unsaturated/α-hetero) is 1. The minimum atomic E-state index is -0.201. The summed E-state index contributed by atoms with van der Waals surface area (Å²) in [5.74, 6) is 1.02. The number of nitrogens with one attached hydrogen (secondary N) is 2. The molecular weight excluding hydrogens is 396 g/mol. The van der Waals surface area contributed by atoms with Gasteiger partial charge in [-0.1, -0.05) is 68.4 Å². The Morgan fingerprint density at radius 3 is 2.31 bits per heavy atom. The first-order valence-corrected chi connectivity index (χ1v) is 11.1. The van der Waals surface area contributed by atoms with Crippen LogP contribution in [0.2, 0.25) is 0 Å². The molecule has 0 aromatic heterocycles. The van der Waals surface area contributed by atoms with Crippen LogP contribution in [-0.2, 0) is 11.4 Å². The van der Waals surface area contributed by atoms with Crippen molar-refractivity contribution in [2.45, 2.75) is 39.3 Å². The number of hydrogen-bond acceptors (Lipinski definition) is 4. The van der Waals surface area contributed by atoms with Crippen LogP contribution in [-0.4, -0.2) is 5.78 Å². The molecule has 1 unspecified atom stereocenters. The SMILES string of the molecule is CC1(C)CC(=O)C2=C(C1)Nc1ccccc1NC2c1ccc(OCc2ccccc2)cc1. The maximum Gasteiger partial charge on any atom is 0.163 e. The van der Waals surface area contributed by atoms with Crippen molar-refractivity contribution in [1.82, 2.24) is 0 Å².